The van der Waals surface area contributed by atoms with Crippen molar-refractivity contribution in [2.24, 2.45) is 0 Å². The lowest BCUT2D eigenvalue weighted by molar-refractivity contribution is 1.18. The summed E-state index contributed by atoms with van der Waals surface area (Å²) < 4.78 is 7.15. The minimum atomic E-state index is 1.11. The second-order valence-electron chi connectivity index (χ2n) is 37.1. The summed E-state index contributed by atoms with van der Waals surface area (Å²) in [7, 11) is 0. The van der Waals surface area contributed by atoms with Crippen LogP contribution < -0.4 is 14.7 Å². The fraction of sp³-hybridized carbons (Fsp3) is 0. The Hall–Kier alpha value is -19.1. The van der Waals surface area contributed by atoms with Crippen LogP contribution in [-0.4, -0.2) is 13.7 Å². The van der Waals surface area contributed by atoms with Gasteiger partial charge < -0.3 is 28.4 Å². The molecule has 28 rings (SSSR count). The largest absolute Gasteiger partial charge is 0.311 e. The van der Waals surface area contributed by atoms with Gasteiger partial charge in [-0.2, -0.15) is 0 Å². The first kappa shape index (κ1) is 85.3. The van der Waals surface area contributed by atoms with Gasteiger partial charge >= 0.3 is 0 Å². The van der Waals surface area contributed by atoms with E-state index < -0.39 is 0 Å². The van der Waals surface area contributed by atoms with Crippen molar-refractivity contribution in [2.45, 2.75) is 0 Å². The maximum atomic E-state index is 2.41. The molecule has 0 radical (unpaired) electrons. The van der Waals surface area contributed by atoms with E-state index in [0.29, 0.717) is 0 Å². The van der Waals surface area contributed by atoms with E-state index in [-0.39, 0.29) is 0 Å². The molecule has 6 nitrogen and oxygen atoms in total. The van der Waals surface area contributed by atoms with Crippen LogP contribution in [0.5, 0.6) is 0 Å². The number of fused-ring (bicyclic) bond motifs is 16. The van der Waals surface area contributed by atoms with Gasteiger partial charge in [0.15, 0.2) is 0 Å². The summed E-state index contributed by atoms with van der Waals surface area (Å²) in [6.07, 6.45) is 0. The van der Waals surface area contributed by atoms with Crippen LogP contribution in [0.25, 0.3) is 192 Å². The monoisotopic (exact) mass is 1830 g/mol. The fourth-order valence-corrected chi connectivity index (χ4v) is 21.7. The summed E-state index contributed by atoms with van der Waals surface area (Å²) in [6, 6.07) is 206. The van der Waals surface area contributed by atoms with Crippen LogP contribution in [0.2, 0.25) is 0 Å². The summed E-state index contributed by atoms with van der Waals surface area (Å²) >= 11 is 0. The third-order valence-corrected chi connectivity index (χ3v) is 28.7. The zero-order chi connectivity index (χ0) is 95.3. The average molecular weight is 1840 g/mol. The highest BCUT2D eigenvalue weighted by molar-refractivity contribution is 6.14. The summed E-state index contributed by atoms with van der Waals surface area (Å²) in [5, 5.41) is 22.6. The van der Waals surface area contributed by atoms with Gasteiger partial charge in [-0.05, 0) is 298 Å². The molecule has 25 aromatic carbocycles. The molecule has 0 bridgehead atoms. The van der Waals surface area contributed by atoms with E-state index in [0.717, 1.165) is 56.9 Å². The van der Waals surface area contributed by atoms with Crippen molar-refractivity contribution in [3.8, 4) is 61.6 Å². The number of nitrogens with zero attached hydrogens (tertiary/aromatic N) is 6. The lowest BCUT2D eigenvalue weighted by Crippen LogP contribution is -2.09. The molecule has 0 saturated heterocycles. The van der Waals surface area contributed by atoms with E-state index in [9.17, 15) is 0 Å². The van der Waals surface area contributed by atoms with Crippen LogP contribution in [0.4, 0.5) is 51.2 Å². The van der Waals surface area contributed by atoms with E-state index in [4.69, 9.17) is 0 Å². The summed E-state index contributed by atoms with van der Waals surface area (Å²) in [5.74, 6) is 0. The van der Waals surface area contributed by atoms with Crippen molar-refractivity contribution < 1.29 is 0 Å². The number of anilines is 9. The Bertz CT molecular complexity index is 9530. The zero-order valence-electron chi connectivity index (χ0n) is 79.0. The quantitative estimate of drug-likeness (QED) is 0.0901. The maximum Gasteiger partial charge on any atom is 0.0541 e. The molecular formula is C138H94N6. The lowest BCUT2D eigenvalue weighted by Gasteiger charge is -2.26. The van der Waals surface area contributed by atoms with Crippen molar-refractivity contribution in [3.63, 3.8) is 0 Å². The average Bonchev–Trinajstić information content (AvgIpc) is 1.59. The van der Waals surface area contributed by atoms with Gasteiger partial charge in [-0.3, -0.25) is 0 Å². The molecule has 676 valence electrons. The molecule has 144 heavy (non-hydrogen) atoms. The highest BCUT2D eigenvalue weighted by atomic mass is 15.2. The molecule has 0 N–H and O–H groups in total. The van der Waals surface area contributed by atoms with Crippen LogP contribution in [0.3, 0.4) is 0 Å². The van der Waals surface area contributed by atoms with Crippen molar-refractivity contribution in [3.05, 3.63) is 570 Å². The van der Waals surface area contributed by atoms with E-state index >= 15 is 0 Å². The fourth-order valence-electron chi connectivity index (χ4n) is 21.7. The van der Waals surface area contributed by atoms with E-state index in [1.807, 2.05) is 0 Å². The highest BCUT2D eigenvalue weighted by Gasteiger charge is 2.23. The minimum absolute atomic E-state index is 1.11. The number of benzene rings is 25. The Labute approximate surface area is 835 Å². The van der Waals surface area contributed by atoms with Crippen LogP contribution in [0.15, 0.2) is 570 Å². The Morgan fingerprint density at radius 2 is 0.347 bits per heavy atom. The molecule has 0 aliphatic heterocycles. The molecule has 0 spiro atoms. The summed E-state index contributed by atoms with van der Waals surface area (Å²) in [4.78, 5) is 7.01. The smallest absolute Gasteiger partial charge is 0.0541 e. The van der Waals surface area contributed by atoms with Gasteiger partial charge in [0.1, 0.15) is 0 Å². The number of rotatable bonds is 16. The minimum Gasteiger partial charge on any atom is -0.311 e. The standard InChI is InChI=1S/C50H34N2.2C44H30N2/c1-2-11-41(12-3-1)51(43-29-24-37(25-30-43)39-26-33-46-40(34-39)19-18-38-10-4-5-13-45(38)46)42-27-20-35(21-28-42)36-22-31-44(32-23-36)52-49-16-8-6-14-47(49)48-15-7-9-17-50(48)52;1-2-14-36(15-3-1)45(37-25-23-32(24-26-37)34-22-21-31-11-4-5-12-33(31)29-34)38-27-28-39-35(30-38)13-10-20-42(39)46-43-18-8-6-16-40(43)41-17-7-9-19-44(41)46;1-2-12-37(13-3-1)45(38-24-20-32(21-25-38)34-19-18-31-10-4-5-11-33(31)28-34)39-26-22-36-30-40(27-23-35(36)29-39)46-43-16-8-6-14-41(43)42-15-7-9-17-44(42)46/h1-34H;2*1-30H. The van der Waals surface area contributed by atoms with Crippen molar-refractivity contribution in [2.75, 3.05) is 14.7 Å². The van der Waals surface area contributed by atoms with E-state index in [1.54, 1.807) is 0 Å². The molecule has 6 heteroatoms. The van der Waals surface area contributed by atoms with Gasteiger partial charge in [0.2, 0.25) is 0 Å². The van der Waals surface area contributed by atoms with Gasteiger partial charge in [-0.15, -0.1) is 0 Å². The molecule has 0 saturated carbocycles. The number of hydrogen-bond acceptors (Lipinski definition) is 3. The molecular weight excluding hydrogens is 1740 g/mol. The molecule has 0 aliphatic rings. The molecule has 3 aromatic heterocycles. The summed E-state index contributed by atoms with van der Waals surface area (Å²) in [6.45, 7) is 0. The first-order valence-corrected chi connectivity index (χ1v) is 49.4. The molecule has 3 heterocycles. The number of hydrogen-bond donors (Lipinski definition) is 0. The molecule has 0 atom stereocenters. The van der Waals surface area contributed by atoms with Crippen molar-refractivity contribution >= 4 is 181 Å². The predicted octanol–water partition coefficient (Wildman–Crippen LogP) is 38.3. The third kappa shape index (κ3) is 15.9. The van der Waals surface area contributed by atoms with Gasteiger partial charge in [-0.25, -0.2) is 0 Å². The van der Waals surface area contributed by atoms with E-state index in [1.165, 1.54) is 186 Å². The Balaban J connectivity index is 0.000000110. The third-order valence-electron chi connectivity index (χ3n) is 28.7. The van der Waals surface area contributed by atoms with Gasteiger partial charge in [0.05, 0.1) is 38.8 Å². The maximum absolute atomic E-state index is 2.41. The number of aromatic nitrogens is 3. The van der Waals surface area contributed by atoms with Crippen LogP contribution in [-0.2, 0) is 0 Å². The van der Waals surface area contributed by atoms with Crippen LogP contribution in [0, 0.1) is 0 Å². The number of para-hydroxylation sites is 9. The molecule has 0 unspecified atom stereocenters. The molecule has 28 aromatic rings. The Kier molecular flexibility index (Phi) is 21.9. The topological polar surface area (TPSA) is 24.5 Å². The van der Waals surface area contributed by atoms with Crippen LogP contribution >= 0.6 is 0 Å². The zero-order valence-corrected chi connectivity index (χ0v) is 79.0. The Morgan fingerprint density at radius 3 is 0.785 bits per heavy atom. The molecule has 0 aliphatic carbocycles. The normalized spacial score (nSPS) is 11.5. The predicted molar refractivity (Wildman–Crippen MR) is 613 cm³/mol. The lowest BCUT2D eigenvalue weighted by atomic mass is 9.97. The van der Waals surface area contributed by atoms with Crippen molar-refractivity contribution in [1.29, 1.82) is 0 Å². The van der Waals surface area contributed by atoms with E-state index in [2.05, 4.69) is 599 Å². The summed E-state index contributed by atoms with van der Waals surface area (Å²) in [5.41, 5.74) is 30.6. The first-order valence-electron chi connectivity index (χ1n) is 49.4. The van der Waals surface area contributed by atoms with Gasteiger partial charge in [0, 0.05) is 100 Å². The molecule has 0 amide bonds. The second-order valence-corrected chi connectivity index (χ2v) is 37.1. The first-order chi connectivity index (χ1) is 71.4. The van der Waals surface area contributed by atoms with Gasteiger partial charge in [0.25, 0.3) is 0 Å². The van der Waals surface area contributed by atoms with Gasteiger partial charge in [-0.1, -0.05) is 376 Å². The second kappa shape index (κ2) is 37.0. The Morgan fingerprint density at radius 1 is 0.111 bits per heavy atom. The van der Waals surface area contributed by atoms with Crippen molar-refractivity contribution in [1.82, 2.24) is 13.7 Å². The SMILES string of the molecule is c1ccc(N(c2ccc(-c3ccc(-n4c5ccccc5c5ccccc54)cc3)cc2)c2ccc(-c3ccc4c(ccc5ccccc54)c3)cc2)cc1.c1ccc(N(c2ccc(-c3ccc4ccccc4c3)cc2)c2ccc3c(-n4c5ccccc5c5ccccc54)cccc3c2)cc1.c1ccc(N(c2ccc(-c3ccc4ccccc4c3)cc2)c2ccc3cc(-n4c5ccccc5c5ccccc54)ccc3c2)cc1. The highest BCUT2D eigenvalue weighted by Crippen LogP contribution is 2.46. The van der Waals surface area contributed by atoms with Crippen LogP contribution in [0.1, 0.15) is 0 Å². The molecule has 0 fully saturated rings.